The smallest absolute Gasteiger partial charge is 0.309 e. The minimum Gasteiger partial charge on any atom is -0.491 e. The fourth-order valence-electron chi connectivity index (χ4n) is 2.28. The molecule has 0 aromatic heterocycles. The van der Waals surface area contributed by atoms with Gasteiger partial charge in [-0.3, -0.25) is 4.79 Å². The lowest BCUT2D eigenvalue weighted by Crippen LogP contribution is -2.37. The fraction of sp³-hybridized carbons (Fsp3) is 0.562. The molecule has 20 heavy (non-hydrogen) atoms. The van der Waals surface area contributed by atoms with Crippen LogP contribution in [0, 0.1) is 5.92 Å². The van der Waals surface area contributed by atoms with E-state index in [2.05, 4.69) is 0 Å². The zero-order chi connectivity index (χ0) is 15.3. The molecule has 0 amide bonds. The van der Waals surface area contributed by atoms with Crippen molar-refractivity contribution in [2.24, 2.45) is 5.92 Å². The molecule has 0 radical (unpaired) electrons. The molecule has 0 aliphatic heterocycles. The molecule has 1 rings (SSSR count). The zero-order valence-corrected chi connectivity index (χ0v) is 12.6. The lowest BCUT2D eigenvalue weighted by molar-refractivity contribution is -0.152. The topological polar surface area (TPSA) is 66.8 Å². The molecule has 0 bridgehead atoms. The minimum absolute atomic E-state index is 0.0771. The minimum atomic E-state index is -1.39. The Hall–Kier alpha value is -1.55. The van der Waals surface area contributed by atoms with Gasteiger partial charge in [-0.2, -0.15) is 0 Å². The van der Waals surface area contributed by atoms with Gasteiger partial charge in [0.05, 0.1) is 12.0 Å². The van der Waals surface area contributed by atoms with E-state index in [4.69, 9.17) is 4.74 Å². The molecule has 0 fully saturated rings. The van der Waals surface area contributed by atoms with Crippen LogP contribution in [-0.4, -0.2) is 22.3 Å². The summed E-state index contributed by atoms with van der Waals surface area (Å²) < 4.78 is 5.54. The number of carboxylic acids is 1. The van der Waals surface area contributed by atoms with E-state index in [1.165, 1.54) is 0 Å². The number of carbonyl (C=O) groups is 1. The molecule has 2 atom stereocenters. The summed E-state index contributed by atoms with van der Waals surface area (Å²) in [6, 6.07) is 6.97. The number of aliphatic hydroxyl groups is 1. The van der Waals surface area contributed by atoms with Gasteiger partial charge in [-0.05, 0) is 44.9 Å². The van der Waals surface area contributed by atoms with Crippen LogP contribution < -0.4 is 4.74 Å². The number of aliphatic carboxylic acids is 1. The Labute approximate surface area is 120 Å². The van der Waals surface area contributed by atoms with Crippen molar-refractivity contribution in [3.8, 4) is 5.75 Å². The van der Waals surface area contributed by atoms with Gasteiger partial charge in [-0.25, -0.2) is 0 Å². The zero-order valence-electron chi connectivity index (χ0n) is 12.6. The molecular formula is C16H24O4. The molecule has 0 heterocycles. The summed E-state index contributed by atoms with van der Waals surface area (Å²) in [6.07, 6.45) is 1.22. The van der Waals surface area contributed by atoms with Crippen LogP contribution in [0.2, 0.25) is 0 Å². The van der Waals surface area contributed by atoms with Gasteiger partial charge >= 0.3 is 5.97 Å². The highest BCUT2D eigenvalue weighted by molar-refractivity contribution is 5.72. The highest BCUT2D eigenvalue weighted by Gasteiger charge is 2.38. The standard InChI is InChI=1S/C16H24O4/c1-5-6-14(15(17)18)16(4,19)12-7-9-13(10-8-12)20-11(2)3/h7-11,14,19H,5-6H2,1-4H3,(H,17,18). The number of benzene rings is 1. The Bertz CT molecular complexity index is 434. The summed E-state index contributed by atoms with van der Waals surface area (Å²) in [5.41, 5.74) is -0.799. The van der Waals surface area contributed by atoms with Crippen LogP contribution in [-0.2, 0) is 10.4 Å². The largest absolute Gasteiger partial charge is 0.491 e. The van der Waals surface area contributed by atoms with Crippen molar-refractivity contribution in [1.29, 1.82) is 0 Å². The molecule has 112 valence electrons. The number of rotatable bonds is 7. The maximum absolute atomic E-state index is 11.3. The predicted molar refractivity (Wildman–Crippen MR) is 77.8 cm³/mol. The Balaban J connectivity index is 2.98. The lowest BCUT2D eigenvalue weighted by atomic mass is 9.80. The summed E-state index contributed by atoms with van der Waals surface area (Å²) in [5, 5.41) is 19.9. The molecule has 0 saturated heterocycles. The number of carboxylic acid groups (broad SMARTS) is 1. The van der Waals surface area contributed by atoms with Gasteiger partial charge in [0.2, 0.25) is 0 Å². The van der Waals surface area contributed by atoms with Crippen LogP contribution in [0.5, 0.6) is 5.75 Å². The van der Waals surface area contributed by atoms with E-state index in [1.54, 1.807) is 31.2 Å². The Morgan fingerprint density at radius 3 is 2.25 bits per heavy atom. The first-order chi connectivity index (χ1) is 9.28. The van der Waals surface area contributed by atoms with Crippen molar-refractivity contribution < 1.29 is 19.7 Å². The van der Waals surface area contributed by atoms with Crippen molar-refractivity contribution in [2.45, 2.75) is 52.2 Å². The normalized spacial score (nSPS) is 15.7. The summed E-state index contributed by atoms with van der Waals surface area (Å²) in [5.74, 6) is -1.08. The highest BCUT2D eigenvalue weighted by atomic mass is 16.5. The van der Waals surface area contributed by atoms with Gasteiger partial charge in [0, 0.05) is 0 Å². The molecule has 0 aliphatic rings. The van der Waals surface area contributed by atoms with Gasteiger partial charge in [0.15, 0.2) is 0 Å². The molecule has 1 aromatic rings. The molecule has 0 aliphatic carbocycles. The molecule has 4 heteroatoms. The monoisotopic (exact) mass is 280 g/mol. The summed E-state index contributed by atoms with van der Waals surface area (Å²) in [7, 11) is 0. The summed E-state index contributed by atoms with van der Waals surface area (Å²) in [4.78, 5) is 11.3. The van der Waals surface area contributed by atoms with Crippen LogP contribution in [0.4, 0.5) is 0 Å². The van der Waals surface area contributed by atoms with Crippen molar-refractivity contribution in [2.75, 3.05) is 0 Å². The SMILES string of the molecule is CCCC(C(=O)O)C(C)(O)c1ccc(OC(C)C)cc1. The van der Waals surface area contributed by atoms with Crippen LogP contribution in [0.1, 0.15) is 46.1 Å². The van der Waals surface area contributed by atoms with E-state index in [-0.39, 0.29) is 6.10 Å². The van der Waals surface area contributed by atoms with Gasteiger partial charge in [0.1, 0.15) is 11.4 Å². The predicted octanol–water partition coefficient (Wildman–Crippen LogP) is 3.18. The Morgan fingerprint density at radius 1 is 1.30 bits per heavy atom. The number of hydrogen-bond acceptors (Lipinski definition) is 3. The van der Waals surface area contributed by atoms with Crippen molar-refractivity contribution in [1.82, 2.24) is 0 Å². The molecule has 2 unspecified atom stereocenters. The molecule has 1 aromatic carbocycles. The second-order valence-corrected chi connectivity index (χ2v) is 5.52. The van der Waals surface area contributed by atoms with Gasteiger partial charge < -0.3 is 14.9 Å². The van der Waals surface area contributed by atoms with Gasteiger partial charge in [-0.15, -0.1) is 0 Å². The number of hydrogen-bond donors (Lipinski definition) is 2. The van der Waals surface area contributed by atoms with Crippen LogP contribution in [0.15, 0.2) is 24.3 Å². The lowest BCUT2D eigenvalue weighted by Gasteiger charge is -2.30. The Morgan fingerprint density at radius 2 is 1.85 bits per heavy atom. The van der Waals surface area contributed by atoms with Crippen LogP contribution >= 0.6 is 0 Å². The van der Waals surface area contributed by atoms with Crippen LogP contribution in [0.3, 0.4) is 0 Å². The van der Waals surface area contributed by atoms with E-state index < -0.39 is 17.5 Å². The molecular weight excluding hydrogens is 256 g/mol. The van der Waals surface area contributed by atoms with E-state index in [0.29, 0.717) is 24.2 Å². The quantitative estimate of drug-likeness (QED) is 0.805. The first kappa shape index (κ1) is 16.5. The first-order valence-corrected chi connectivity index (χ1v) is 7.01. The van der Waals surface area contributed by atoms with Gasteiger partial charge in [-0.1, -0.05) is 25.5 Å². The third-order valence-corrected chi connectivity index (χ3v) is 3.36. The maximum Gasteiger partial charge on any atom is 0.309 e. The second-order valence-electron chi connectivity index (χ2n) is 5.52. The molecule has 0 spiro atoms. The average molecular weight is 280 g/mol. The van der Waals surface area contributed by atoms with Crippen LogP contribution in [0.25, 0.3) is 0 Å². The third-order valence-electron chi connectivity index (χ3n) is 3.36. The first-order valence-electron chi connectivity index (χ1n) is 7.01. The summed E-state index contributed by atoms with van der Waals surface area (Å²) >= 11 is 0. The summed E-state index contributed by atoms with van der Waals surface area (Å²) in [6.45, 7) is 7.34. The molecule has 4 nitrogen and oxygen atoms in total. The fourth-order valence-corrected chi connectivity index (χ4v) is 2.28. The second kappa shape index (κ2) is 6.75. The molecule has 0 saturated carbocycles. The number of ether oxygens (including phenoxy) is 1. The maximum atomic E-state index is 11.3. The third kappa shape index (κ3) is 3.97. The van der Waals surface area contributed by atoms with Crippen molar-refractivity contribution >= 4 is 5.97 Å². The van der Waals surface area contributed by atoms with E-state index in [1.807, 2.05) is 20.8 Å². The highest BCUT2D eigenvalue weighted by Crippen LogP contribution is 2.33. The van der Waals surface area contributed by atoms with Crippen molar-refractivity contribution in [3.63, 3.8) is 0 Å². The molecule has 2 N–H and O–H groups in total. The van der Waals surface area contributed by atoms with E-state index in [0.717, 1.165) is 0 Å². The average Bonchev–Trinajstić information content (AvgIpc) is 2.35. The van der Waals surface area contributed by atoms with Gasteiger partial charge in [0.25, 0.3) is 0 Å². The Kier molecular flexibility index (Phi) is 5.57. The van der Waals surface area contributed by atoms with E-state index in [9.17, 15) is 15.0 Å². The van der Waals surface area contributed by atoms with E-state index >= 15 is 0 Å². The van der Waals surface area contributed by atoms with Crippen molar-refractivity contribution in [3.05, 3.63) is 29.8 Å².